The van der Waals surface area contributed by atoms with Crippen LogP contribution < -0.4 is 0 Å². The second-order valence-corrected chi connectivity index (χ2v) is 8.38. The van der Waals surface area contributed by atoms with Gasteiger partial charge in [-0.15, -0.1) is 0 Å². The van der Waals surface area contributed by atoms with Crippen molar-refractivity contribution in [3.63, 3.8) is 0 Å². The fourth-order valence-electron chi connectivity index (χ4n) is 4.61. The second kappa shape index (κ2) is 8.78. The average molecular weight is 420 g/mol. The minimum Gasteiger partial charge on any atom is -0.378 e. The van der Waals surface area contributed by atoms with Gasteiger partial charge in [0.05, 0.1) is 18.9 Å². The summed E-state index contributed by atoms with van der Waals surface area (Å²) in [4.78, 5) is 24.8. The van der Waals surface area contributed by atoms with Crippen molar-refractivity contribution in [2.24, 2.45) is 0 Å². The van der Waals surface area contributed by atoms with Crippen molar-refractivity contribution in [1.82, 2.24) is 24.1 Å². The predicted octanol–water partition coefficient (Wildman–Crippen LogP) is 2.30. The molecule has 0 bridgehead atoms. The van der Waals surface area contributed by atoms with Crippen molar-refractivity contribution >= 4 is 11.6 Å². The summed E-state index contributed by atoms with van der Waals surface area (Å²) < 4.78 is 7.50. The van der Waals surface area contributed by atoms with Crippen LogP contribution >= 0.6 is 0 Å². The molecule has 1 amide bonds. The highest BCUT2D eigenvalue weighted by Gasteiger charge is 2.30. The van der Waals surface area contributed by atoms with Gasteiger partial charge in [-0.1, -0.05) is 36.4 Å². The maximum atomic E-state index is 13.3. The van der Waals surface area contributed by atoms with E-state index in [1.807, 2.05) is 29.3 Å². The molecule has 2 aromatic heterocycles. The van der Waals surface area contributed by atoms with Crippen molar-refractivity contribution in [2.75, 3.05) is 53.0 Å². The van der Waals surface area contributed by atoms with Gasteiger partial charge in [-0.25, -0.2) is 4.98 Å². The van der Waals surface area contributed by atoms with Crippen LogP contribution in [-0.2, 0) is 11.3 Å². The topological polar surface area (TPSA) is 53.3 Å². The highest BCUT2D eigenvalue weighted by Crippen LogP contribution is 2.26. The molecule has 162 valence electrons. The number of piperazine rings is 1. The Labute approximate surface area is 182 Å². The lowest BCUT2D eigenvalue weighted by Gasteiger charge is -2.39. The number of rotatable bonds is 4. The SMILES string of the molecule is CN1CCN(Cc2c(C(=O)N3CCOCC3)nc3ccccn23)C[C@@H]1c1ccccc1. The lowest BCUT2D eigenvalue weighted by Crippen LogP contribution is -2.46. The highest BCUT2D eigenvalue weighted by molar-refractivity contribution is 5.94. The summed E-state index contributed by atoms with van der Waals surface area (Å²) in [5.41, 5.74) is 3.70. The van der Waals surface area contributed by atoms with Gasteiger partial charge in [0.25, 0.3) is 5.91 Å². The van der Waals surface area contributed by atoms with Gasteiger partial charge in [0.1, 0.15) is 5.65 Å². The third kappa shape index (κ3) is 4.08. The molecule has 0 spiro atoms. The molecule has 0 N–H and O–H groups in total. The van der Waals surface area contributed by atoms with E-state index in [2.05, 4.69) is 51.6 Å². The number of nitrogens with zero attached hydrogens (tertiary/aromatic N) is 5. The number of amides is 1. The van der Waals surface area contributed by atoms with Crippen molar-refractivity contribution in [1.29, 1.82) is 0 Å². The Kier molecular flexibility index (Phi) is 5.72. The molecule has 31 heavy (non-hydrogen) atoms. The van der Waals surface area contributed by atoms with Crippen LogP contribution in [0.25, 0.3) is 5.65 Å². The van der Waals surface area contributed by atoms with Gasteiger partial charge in [0, 0.05) is 51.5 Å². The third-order valence-corrected chi connectivity index (χ3v) is 6.42. The van der Waals surface area contributed by atoms with Crippen LogP contribution in [0.1, 0.15) is 27.8 Å². The molecule has 2 aliphatic rings. The molecular weight excluding hydrogens is 390 g/mol. The summed E-state index contributed by atoms with van der Waals surface area (Å²) in [5.74, 6) is 0.00994. The van der Waals surface area contributed by atoms with Crippen LogP contribution in [-0.4, -0.2) is 83.0 Å². The lowest BCUT2D eigenvalue weighted by atomic mass is 10.0. The van der Waals surface area contributed by atoms with Gasteiger partial charge in [-0.2, -0.15) is 0 Å². The molecule has 2 aliphatic heterocycles. The third-order valence-electron chi connectivity index (χ3n) is 6.42. The Morgan fingerprint density at radius 3 is 2.61 bits per heavy atom. The molecule has 7 heteroatoms. The van der Waals surface area contributed by atoms with Crippen LogP contribution in [0, 0.1) is 0 Å². The molecular formula is C24H29N5O2. The predicted molar refractivity (Wildman–Crippen MR) is 119 cm³/mol. The van der Waals surface area contributed by atoms with Crippen LogP contribution in [0.2, 0.25) is 0 Å². The summed E-state index contributed by atoms with van der Waals surface area (Å²) in [5, 5.41) is 0. The van der Waals surface area contributed by atoms with E-state index in [0.717, 1.165) is 31.0 Å². The Morgan fingerprint density at radius 2 is 1.81 bits per heavy atom. The first-order chi connectivity index (χ1) is 15.2. The fraction of sp³-hybridized carbons (Fsp3) is 0.417. The maximum Gasteiger partial charge on any atom is 0.274 e. The first-order valence-corrected chi connectivity index (χ1v) is 11.0. The lowest BCUT2D eigenvalue weighted by molar-refractivity contribution is 0.0297. The summed E-state index contributed by atoms with van der Waals surface area (Å²) in [6.45, 7) is 6.00. The Bertz CT molecular complexity index is 1040. The van der Waals surface area contributed by atoms with Crippen LogP contribution in [0.15, 0.2) is 54.7 Å². The van der Waals surface area contributed by atoms with Gasteiger partial charge < -0.3 is 14.0 Å². The number of fused-ring (bicyclic) bond motifs is 1. The number of hydrogen-bond acceptors (Lipinski definition) is 5. The molecule has 0 aliphatic carbocycles. The van der Waals surface area contributed by atoms with E-state index < -0.39 is 0 Å². The highest BCUT2D eigenvalue weighted by atomic mass is 16.5. The molecule has 3 aromatic rings. The zero-order valence-electron chi connectivity index (χ0n) is 18.0. The fourth-order valence-corrected chi connectivity index (χ4v) is 4.61. The normalized spacial score (nSPS) is 20.9. The molecule has 7 nitrogen and oxygen atoms in total. The number of carbonyl (C=O) groups excluding carboxylic acids is 1. The van der Waals surface area contributed by atoms with Crippen molar-refractivity contribution in [3.8, 4) is 0 Å². The number of benzene rings is 1. The van der Waals surface area contributed by atoms with Gasteiger partial charge >= 0.3 is 0 Å². The van der Waals surface area contributed by atoms with Crippen LogP contribution in [0.5, 0.6) is 0 Å². The van der Waals surface area contributed by atoms with Crippen LogP contribution in [0.4, 0.5) is 0 Å². The molecule has 0 radical (unpaired) electrons. The molecule has 4 heterocycles. The quantitative estimate of drug-likeness (QED) is 0.650. The number of hydrogen-bond donors (Lipinski definition) is 0. The minimum atomic E-state index is 0.00994. The summed E-state index contributed by atoms with van der Waals surface area (Å²) >= 11 is 0. The first-order valence-electron chi connectivity index (χ1n) is 11.0. The van der Waals surface area contributed by atoms with Crippen molar-refractivity contribution < 1.29 is 9.53 Å². The van der Waals surface area contributed by atoms with Gasteiger partial charge in [0.15, 0.2) is 5.69 Å². The zero-order chi connectivity index (χ0) is 21.2. The maximum absolute atomic E-state index is 13.3. The number of aromatic nitrogens is 2. The Morgan fingerprint density at radius 1 is 1.03 bits per heavy atom. The van der Waals surface area contributed by atoms with Gasteiger partial charge in [-0.05, 0) is 24.7 Å². The number of likely N-dealkylation sites (N-methyl/N-ethyl adjacent to an activating group) is 1. The van der Waals surface area contributed by atoms with Crippen molar-refractivity contribution in [3.05, 3.63) is 71.7 Å². The summed E-state index contributed by atoms with van der Waals surface area (Å²) in [6, 6.07) is 16.9. The summed E-state index contributed by atoms with van der Waals surface area (Å²) in [6.07, 6.45) is 2.01. The molecule has 0 unspecified atom stereocenters. The number of ether oxygens (including phenoxy) is 1. The molecule has 1 atom stereocenters. The molecule has 2 fully saturated rings. The van der Waals surface area contributed by atoms with Crippen molar-refractivity contribution in [2.45, 2.75) is 12.6 Å². The smallest absolute Gasteiger partial charge is 0.274 e. The van der Waals surface area contributed by atoms with Gasteiger partial charge in [-0.3, -0.25) is 14.6 Å². The van der Waals surface area contributed by atoms with E-state index in [0.29, 0.717) is 44.6 Å². The average Bonchev–Trinajstić information content (AvgIpc) is 3.19. The Hall–Kier alpha value is -2.74. The van der Waals surface area contributed by atoms with E-state index in [4.69, 9.17) is 9.72 Å². The van der Waals surface area contributed by atoms with E-state index in [1.165, 1.54) is 5.56 Å². The van der Waals surface area contributed by atoms with E-state index in [-0.39, 0.29) is 5.91 Å². The molecule has 2 saturated heterocycles. The van der Waals surface area contributed by atoms with Crippen LogP contribution in [0.3, 0.4) is 0 Å². The minimum absolute atomic E-state index is 0.00994. The van der Waals surface area contributed by atoms with E-state index in [1.54, 1.807) is 0 Å². The largest absolute Gasteiger partial charge is 0.378 e. The summed E-state index contributed by atoms with van der Waals surface area (Å²) in [7, 11) is 2.19. The molecule has 5 rings (SSSR count). The number of pyridine rings is 1. The number of morpholine rings is 1. The second-order valence-electron chi connectivity index (χ2n) is 8.38. The van der Waals surface area contributed by atoms with E-state index in [9.17, 15) is 4.79 Å². The molecule has 1 aromatic carbocycles. The van der Waals surface area contributed by atoms with Gasteiger partial charge in [0.2, 0.25) is 0 Å². The first kappa shape index (κ1) is 20.2. The molecule has 0 saturated carbocycles. The Balaban J connectivity index is 1.43. The standard InChI is InChI=1S/C24H29N5O2/c1-26-11-12-27(17-20(26)19-7-3-2-4-8-19)18-21-23(24(30)28-13-15-31-16-14-28)25-22-9-5-6-10-29(21)22/h2-10,20H,11-18H2,1H3/t20-/m1/s1. The number of imidazole rings is 1. The van der Waals surface area contributed by atoms with E-state index >= 15 is 0 Å². The zero-order valence-corrected chi connectivity index (χ0v) is 18.0. The number of carbonyl (C=O) groups is 1. The monoisotopic (exact) mass is 419 g/mol.